The van der Waals surface area contributed by atoms with Crippen LogP contribution in [0.2, 0.25) is 0 Å². The smallest absolute Gasteiger partial charge is 0.325 e. The Balaban J connectivity index is 1.83. The predicted octanol–water partition coefficient (Wildman–Crippen LogP) is 1.71. The first-order valence-electron chi connectivity index (χ1n) is 5.86. The quantitative estimate of drug-likeness (QED) is 0.680. The summed E-state index contributed by atoms with van der Waals surface area (Å²) in [5.41, 5.74) is 1.02. The fraction of sp³-hybridized carbons (Fsp3) is 0. The van der Waals surface area contributed by atoms with Crippen LogP contribution >= 0.6 is 11.3 Å². The summed E-state index contributed by atoms with van der Waals surface area (Å²) in [6.45, 7) is 0. The number of anilines is 1. The first-order valence-corrected chi connectivity index (χ1v) is 8.22. The Morgan fingerprint density at radius 1 is 1.29 bits per heavy atom. The highest BCUT2D eigenvalue weighted by Gasteiger charge is 2.19. The van der Waals surface area contributed by atoms with Gasteiger partial charge in [-0.3, -0.25) is 4.79 Å². The molecule has 2 aromatic heterocycles. The molecule has 0 unspecified atom stereocenters. The van der Waals surface area contributed by atoms with Gasteiger partial charge in [-0.05, 0) is 6.07 Å². The highest BCUT2D eigenvalue weighted by atomic mass is 32.2. The molecular weight excluding hydrogens is 312 g/mol. The van der Waals surface area contributed by atoms with Crippen molar-refractivity contribution in [1.29, 1.82) is 0 Å². The minimum absolute atomic E-state index is 0.189. The molecule has 0 fully saturated rings. The van der Waals surface area contributed by atoms with Crippen molar-refractivity contribution in [3.8, 4) is 0 Å². The summed E-state index contributed by atoms with van der Waals surface area (Å²) >= 11 is 1.12. The average Bonchev–Trinajstić information content (AvgIpc) is 3.06. The second-order valence-corrected chi connectivity index (χ2v) is 6.43. The number of para-hydroxylation sites is 1. The number of aromatic nitrogens is 2. The Hall–Kier alpha value is -2.39. The lowest BCUT2D eigenvalue weighted by atomic mass is 10.2. The van der Waals surface area contributed by atoms with Gasteiger partial charge in [-0.1, -0.05) is 18.2 Å². The zero-order valence-electron chi connectivity index (χ0n) is 10.5. The van der Waals surface area contributed by atoms with E-state index < -0.39 is 16.1 Å². The molecule has 2 heterocycles. The van der Waals surface area contributed by atoms with E-state index in [2.05, 4.69) is 14.7 Å². The zero-order valence-corrected chi connectivity index (χ0v) is 12.2. The van der Waals surface area contributed by atoms with Crippen LogP contribution < -0.4 is 9.44 Å². The molecule has 108 valence electrons. The molecule has 3 N–H and O–H groups in total. The molecule has 21 heavy (non-hydrogen) atoms. The third kappa shape index (κ3) is 2.88. The lowest BCUT2D eigenvalue weighted by Crippen LogP contribution is -2.35. The van der Waals surface area contributed by atoms with Crippen LogP contribution in [0.5, 0.6) is 0 Å². The number of amides is 1. The largest absolute Gasteiger partial charge is 0.360 e. The van der Waals surface area contributed by atoms with Crippen molar-refractivity contribution in [2.75, 3.05) is 4.72 Å². The standard InChI is InChI=1S/C12H10N4O3S2/c17-11(9-7-14-10-4-2-1-3-8(9)10)15-21(18,19)16-12-13-5-6-20-12/h1-7,14H,(H,13,16)(H,15,17). The second-order valence-electron chi connectivity index (χ2n) is 4.12. The zero-order chi connectivity index (χ0) is 14.9. The lowest BCUT2D eigenvalue weighted by molar-refractivity contribution is 0.0983. The molecule has 3 aromatic rings. The summed E-state index contributed by atoms with van der Waals surface area (Å²) < 4.78 is 27.8. The molecule has 0 atom stereocenters. The molecule has 3 rings (SSSR count). The Morgan fingerprint density at radius 3 is 2.86 bits per heavy atom. The molecule has 0 aliphatic rings. The molecule has 0 aliphatic heterocycles. The van der Waals surface area contributed by atoms with Gasteiger partial charge in [0.1, 0.15) is 0 Å². The fourth-order valence-corrected chi connectivity index (χ4v) is 3.43. The topological polar surface area (TPSA) is 104 Å². The number of thiazole rings is 1. The fourth-order valence-electron chi connectivity index (χ4n) is 1.85. The number of fused-ring (bicyclic) bond motifs is 1. The van der Waals surface area contributed by atoms with Crippen molar-refractivity contribution in [2.45, 2.75) is 0 Å². The van der Waals surface area contributed by atoms with E-state index >= 15 is 0 Å². The van der Waals surface area contributed by atoms with Crippen molar-refractivity contribution in [2.24, 2.45) is 0 Å². The van der Waals surface area contributed by atoms with Gasteiger partial charge in [-0.2, -0.15) is 8.42 Å². The van der Waals surface area contributed by atoms with Gasteiger partial charge in [0.25, 0.3) is 5.91 Å². The number of H-pyrrole nitrogens is 1. The molecule has 1 aromatic carbocycles. The van der Waals surface area contributed by atoms with Crippen molar-refractivity contribution < 1.29 is 13.2 Å². The van der Waals surface area contributed by atoms with Crippen molar-refractivity contribution in [3.05, 3.63) is 47.6 Å². The number of aromatic amines is 1. The van der Waals surface area contributed by atoms with E-state index in [0.717, 1.165) is 16.9 Å². The molecule has 0 radical (unpaired) electrons. The van der Waals surface area contributed by atoms with Crippen molar-refractivity contribution in [3.63, 3.8) is 0 Å². The SMILES string of the molecule is O=C(NS(=O)(=O)Nc1nccs1)c1c[nH]c2ccccc12. The lowest BCUT2D eigenvalue weighted by Gasteiger charge is -2.06. The number of benzene rings is 1. The van der Waals surface area contributed by atoms with E-state index in [1.165, 1.54) is 12.4 Å². The van der Waals surface area contributed by atoms with Crippen LogP contribution in [-0.4, -0.2) is 24.3 Å². The van der Waals surface area contributed by atoms with Crippen LogP contribution in [0.15, 0.2) is 42.0 Å². The van der Waals surface area contributed by atoms with E-state index in [0.29, 0.717) is 5.39 Å². The molecular formula is C12H10N4O3S2. The Kier molecular flexibility index (Phi) is 3.35. The summed E-state index contributed by atoms with van der Waals surface area (Å²) in [7, 11) is -4.01. The molecule has 1 amide bonds. The molecule has 0 spiro atoms. The van der Waals surface area contributed by atoms with Crippen molar-refractivity contribution in [1.82, 2.24) is 14.7 Å². The summed E-state index contributed by atoms with van der Waals surface area (Å²) in [6, 6.07) is 7.13. The average molecular weight is 322 g/mol. The van der Waals surface area contributed by atoms with Crippen LogP contribution in [0.25, 0.3) is 10.9 Å². The van der Waals surface area contributed by atoms with Gasteiger partial charge in [0.15, 0.2) is 5.13 Å². The maximum absolute atomic E-state index is 12.1. The van der Waals surface area contributed by atoms with Gasteiger partial charge >= 0.3 is 10.2 Å². The summed E-state index contributed by atoms with van der Waals surface area (Å²) in [4.78, 5) is 18.8. The molecule has 0 saturated heterocycles. The van der Waals surface area contributed by atoms with E-state index in [9.17, 15) is 13.2 Å². The molecule has 9 heteroatoms. The maximum Gasteiger partial charge on any atom is 0.325 e. The highest BCUT2D eigenvalue weighted by molar-refractivity contribution is 7.91. The minimum atomic E-state index is -4.01. The van der Waals surface area contributed by atoms with Crippen molar-refractivity contribution >= 4 is 43.5 Å². The predicted molar refractivity (Wildman–Crippen MR) is 80.4 cm³/mol. The molecule has 0 aliphatic carbocycles. The number of hydrogen-bond donors (Lipinski definition) is 3. The number of hydrogen-bond acceptors (Lipinski definition) is 5. The van der Waals surface area contributed by atoms with E-state index in [1.54, 1.807) is 23.6 Å². The van der Waals surface area contributed by atoms with Crippen LogP contribution in [0, 0.1) is 0 Å². The van der Waals surface area contributed by atoms with Gasteiger partial charge in [0.2, 0.25) is 0 Å². The third-order valence-corrected chi connectivity index (χ3v) is 4.45. The normalized spacial score (nSPS) is 11.4. The third-order valence-electron chi connectivity index (χ3n) is 2.71. The number of nitrogens with zero attached hydrogens (tertiary/aromatic N) is 1. The second kappa shape index (κ2) is 5.19. The first-order chi connectivity index (χ1) is 10.1. The maximum atomic E-state index is 12.1. The van der Waals surface area contributed by atoms with Crippen LogP contribution in [0.4, 0.5) is 5.13 Å². The van der Waals surface area contributed by atoms with E-state index in [4.69, 9.17) is 0 Å². The summed E-state index contributed by atoms with van der Waals surface area (Å²) in [6.07, 6.45) is 2.93. The summed E-state index contributed by atoms with van der Waals surface area (Å²) in [5, 5.41) is 2.47. The van der Waals surface area contributed by atoms with Gasteiger partial charge in [-0.25, -0.2) is 14.4 Å². The first kappa shape index (κ1) is 13.6. The van der Waals surface area contributed by atoms with E-state index in [-0.39, 0.29) is 10.7 Å². The van der Waals surface area contributed by atoms with Crippen LogP contribution in [0.1, 0.15) is 10.4 Å². The molecule has 0 bridgehead atoms. The van der Waals surface area contributed by atoms with Crippen LogP contribution in [-0.2, 0) is 10.2 Å². The van der Waals surface area contributed by atoms with E-state index in [1.807, 2.05) is 10.8 Å². The Bertz CT molecular complexity index is 884. The highest BCUT2D eigenvalue weighted by Crippen LogP contribution is 2.18. The Labute approximate surface area is 124 Å². The Morgan fingerprint density at radius 2 is 2.10 bits per heavy atom. The number of carbonyl (C=O) groups is 1. The van der Waals surface area contributed by atoms with Gasteiger partial charge in [0.05, 0.1) is 5.56 Å². The molecule has 0 saturated carbocycles. The minimum Gasteiger partial charge on any atom is -0.360 e. The number of nitrogens with one attached hydrogen (secondary N) is 3. The van der Waals surface area contributed by atoms with Gasteiger partial charge in [-0.15, -0.1) is 11.3 Å². The summed E-state index contributed by atoms with van der Waals surface area (Å²) in [5.74, 6) is -0.712. The number of rotatable bonds is 4. The van der Waals surface area contributed by atoms with Gasteiger partial charge < -0.3 is 4.98 Å². The van der Waals surface area contributed by atoms with Crippen LogP contribution in [0.3, 0.4) is 0 Å². The molecule has 7 nitrogen and oxygen atoms in total. The van der Waals surface area contributed by atoms with Gasteiger partial charge in [0, 0.05) is 28.7 Å². The monoisotopic (exact) mass is 322 g/mol. The number of carbonyl (C=O) groups excluding carboxylic acids is 1.